The fourth-order valence-electron chi connectivity index (χ4n) is 2.95. The van der Waals surface area contributed by atoms with E-state index in [9.17, 15) is 9.59 Å². The predicted octanol–water partition coefficient (Wildman–Crippen LogP) is 2.83. The molecule has 0 saturated heterocycles. The highest BCUT2D eigenvalue weighted by molar-refractivity contribution is 6.40. The first-order valence-electron chi connectivity index (χ1n) is 7.78. The van der Waals surface area contributed by atoms with E-state index in [0.717, 1.165) is 31.4 Å². The third-order valence-corrected chi connectivity index (χ3v) is 4.25. The van der Waals surface area contributed by atoms with Gasteiger partial charge in [-0.15, -0.1) is 0 Å². The Bertz CT molecular complexity index is 481. The number of rotatable bonds is 3. The van der Waals surface area contributed by atoms with E-state index in [-0.39, 0.29) is 6.04 Å². The highest BCUT2D eigenvalue weighted by atomic mass is 16.2. The van der Waals surface area contributed by atoms with E-state index in [4.69, 9.17) is 0 Å². The third-order valence-electron chi connectivity index (χ3n) is 4.25. The van der Waals surface area contributed by atoms with Crippen molar-refractivity contribution in [3.8, 4) is 0 Å². The molecule has 4 heteroatoms. The Morgan fingerprint density at radius 3 is 2.24 bits per heavy atom. The van der Waals surface area contributed by atoms with Crippen LogP contribution in [0.25, 0.3) is 0 Å². The number of carbonyl (C=O) groups is 2. The van der Waals surface area contributed by atoms with Crippen molar-refractivity contribution in [1.29, 1.82) is 0 Å². The molecule has 2 rings (SSSR count). The van der Waals surface area contributed by atoms with Gasteiger partial charge in [0, 0.05) is 25.3 Å². The zero-order valence-electron chi connectivity index (χ0n) is 12.9. The number of benzene rings is 1. The van der Waals surface area contributed by atoms with Crippen LogP contribution in [0.1, 0.15) is 39.0 Å². The van der Waals surface area contributed by atoms with E-state index >= 15 is 0 Å². The zero-order valence-corrected chi connectivity index (χ0v) is 12.9. The summed E-state index contributed by atoms with van der Waals surface area (Å²) < 4.78 is 0. The van der Waals surface area contributed by atoms with Crippen LogP contribution >= 0.6 is 0 Å². The maximum Gasteiger partial charge on any atom is 0.316 e. The van der Waals surface area contributed by atoms with Gasteiger partial charge in [0.25, 0.3) is 0 Å². The van der Waals surface area contributed by atoms with Crippen LogP contribution in [-0.2, 0) is 9.59 Å². The Morgan fingerprint density at radius 2 is 1.67 bits per heavy atom. The van der Waals surface area contributed by atoms with Gasteiger partial charge in [-0.1, -0.05) is 37.5 Å². The second-order valence-electron chi connectivity index (χ2n) is 5.59. The van der Waals surface area contributed by atoms with E-state index < -0.39 is 11.8 Å². The van der Waals surface area contributed by atoms with Gasteiger partial charge < -0.3 is 9.80 Å². The average molecular weight is 288 g/mol. The Hall–Kier alpha value is -1.84. The van der Waals surface area contributed by atoms with Gasteiger partial charge in [0.05, 0.1) is 0 Å². The van der Waals surface area contributed by atoms with Crippen molar-refractivity contribution >= 4 is 17.5 Å². The molecule has 0 bridgehead atoms. The highest BCUT2D eigenvalue weighted by Crippen LogP contribution is 2.22. The summed E-state index contributed by atoms with van der Waals surface area (Å²) in [5.74, 6) is -0.829. The van der Waals surface area contributed by atoms with Gasteiger partial charge in [-0.25, -0.2) is 0 Å². The Balaban J connectivity index is 2.08. The largest absolute Gasteiger partial charge is 0.335 e. The van der Waals surface area contributed by atoms with E-state index in [1.807, 2.05) is 37.3 Å². The first-order valence-corrected chi connectivity index (χ1v) is 7.78. The monoisotopic (exact) mass is 288 g/mol. The van der Waals surface area contributed by atoms with Crippen molar-refractivity contribution in [2.45, 2.75) is 45.1 Å². The van der Waals surface area contributed by atoms with Crippen molar-refractivity contribution < 1.29 is 9.59 Å². The molecule has 0 heterocycles. The summed E-state index contributed by atoms with van der Waals surface area (Å²) in [6.07, 6.45) is 5.54. The van der Waals surface area contributed by atoms with Gasteiger partial charge in [0.15, 0.2) is 0 Å². The molecule has 1 aliphatic carbocycles. The van der Waals surface area contributed by atoms with Crippen LogP contribution in [0.5, 0.6) is 0 Å². The normalized spacial score (nSPS) is 15.5. The first kappa shape index (κ1) is 15.5. The smallest absolute Gasteiger partial charge is 0.316 e. The number of nitrogens with zero attached hydrogens (tertiary/aromatic N) is 2. The van der Waals surface area contributed by atoms with Crippen LogP contribution < -0.4 is 4.90 Å². The molecular formula is C17H24N2O2. The molecule has 0 spiro atoms. The van der Waals surface area contributed by atoms with Gasteiger partial charge in [-0.2, -0.15) is 0 Å². The van der Waals surface area contributed by atoms with Gasteiger partial charge in [0.2, 0.25) is 0 Å². The molecule has 1 aromatic rings. The van der Waals surface area contributed by atoms with Crippen LogP contribution in [0.15, 0.2) is 30.3 Å². The minimum absolute atomic E-state index is 0.213. The Labute approximate surface area is 126 Å². The number of amides is 2. The summed E-state index contributed by atoms with van der Waals surface area (Å²) in [4.78, 5) is 28.1. The van der Waals surface area contributed by atoms with Crippen LogP contribution in [0.3, 0.4) is 0 Å². The lowest BCUT2D eigenvalue weighted by Gasteiger charge is -2.32. The molecule has 114 valence electrons. The topological polar surface area (TPSA) is 40.6 Å². The van der Waals surface area contributed by atoms with Crippen molar-refractivity contribution in [2.75, 3.05) is 18.5 Å². The molecule has 0 aliphatic heterocycles. The van der Waals surface area contributed by atoms with Crippen LogP contribution in [0.4, 0.5) is 5.69 Å². The molecule has 1 aromatic carbocycles. The van der Waals surface area contributed by atoms with Crippen molar-refractivity contribution in [1.82, 2.24) is 4.90 Å². The Kier molecular flexibility index (Phi) is 5.37. The van der Waals surface area contributed by atoms with E-state index in [2.05, 4.69) is 0 Å². The summed E-state index contributed by atoms with van der Waals surface area (Å²) in [5, 5.41) is 0. The molecule has 0 aromatic heterocycles. The summed E-state index contributed by atoms with van der Waals surface area (Å²) in [6, 6.07) is 9.58. The summed E-state index contributed by atoms with van der Waals surface area (Å²) in [7, 11) is 1.76. The van der Waals surface area contributed by atoms with Gasteiger partial charge in [0.1, 0.15) is 0 Å². The third kappa shape index (κ3) is 3.63. The molecule has 1 aliphatic rings. The molecule has 1 saturated carbocycles. The molecular weight excluding hydrogens is 264 g/mol. The molecule has 0 N–H and O–H groups in total. The van der Waals surface area contributed by atoms with Crippen molar-refractivity contribution in [2.24, 2.45) is 0 Å². The molecule has 0 atom stereocenters. The number of hydrogen-bond donors (Lipinski definition) is 0. The highest BCUT2D eigenvalue weighted by Gasteiger charge is 2.29. The fraction of sp³-hybridized carbons (Fsp3) is 0.529. The minimum Gasteiger partial charge on any atom is -0.335 e. The lowest BCUT2D eigenvalue weighted by atomic mass is 9.94. The standard InChI is InChI=1S/C17H24N2O2/c1-3-19(15-12-8-5-9-13-15)17(21)16(20)18(2)14-10-6-4-7-11-14/h5,8-9,12-14H,3-4,6-7,10-11H2,1-2H3. The van der Waals surface area contributed by atoms with Gasteiger partial charge in [-0.05, 0) is 31.9 Å². The van der Waals surface area contributed by atoms with E-state index in [0.29, 0.717) is 6.54 Å². The summed E-state index contributed by atoms with van der Waals surface area (Å²) in [6.45, 7) is 2.38. The average Bonchev–Trinajstić information content (AvgIpc) is 2.56. The lowest BCUT2D eigenvalue weighted by molar-refractivity contribution is -0.145. The summed E-state index contributed by atoms with van der Waals surface area (Å²) >= 11 is 0. The summed E-state index contributed by atoms with van der Waals surface area (Å²) in [5.41, 5.74) is 0.774. The van der Waals surface area contributed by atoms with Crippen molar-refractivity contribution in [3.05, 3.63) is 30.3 Å². The second kappa shape index (κ2) is 7.25. The quantitative estimate of drug-likeness (QED) is 0.802. The second-order valence-corrected chi connectivity index (χ2v) is 5.59. The lowest BCUT2D eigenvalue weighted by Crippen LogP contribution is -2.48. The number of anilines is 1. The molecule has 21 heavy (non-hydrogen) atoms. The predicted molar refractivity (Wildman–Crippen MR) is 84.1 cm³/mol. The Morgan fingerprint density at radius 1 is 1.05 bits per heavy atom. The van der Waals surface area contributed by atoms with Crippen LogP contribution in [0.2, 0.25) is 0 Å². The first-order chi connectivity index (χ1) is 10.1. The fourth-order valence-corrected chi connectivity index (χ4v) is 2.95. The van der Waals surface area contributed by atoms with Crippen LogP contribution in [0, 0.1) is 0 Å². The maximum absolute atomic E-state index is 12.5. The number of para-hydroxylation sites is 1. The maximum atomic E-state index is 12.5. The number of likely N-dealkylation sites (N-methyl/N-ethyl adjacent to an activating group) is 2. The molecule has 2 amide bonds. The van der Waals surface area contributed by atoms with Crippen LogP contribution in [-0.4, -0.2) is 36.3 Å². The zero-order chi connectivity index (χ0) is 15.2. The van der Waals surface area contributed by atoms with E-state index in [1.165, 1.54) is 6.42 Å². The minimum atomic E-state index is -0.434. The molecule has 4 nitrogen and oxygen atoms in total. The number of carbonyl (C=O) groups excluding carboxylic acids is 2. The molecule has 0 radical (unpaired) electrons. The van der Waals surface area contributed by atoms with Crippen molar-refractivity contribution in [3.63, 3.8) is 0 Å². The van der Waals surface area contributed by atoms with E-state index in [1.54, 1.807) is 16.8 Å². The molecule has 1 fully saturated rings. The SMILES string of the molecule is CCN(C(=O)C(=O)N(C)C1CCCCC1)c1ccccc1. The van der Waals surface area contributed by atoms with Gasteiger partial charge in [-0.3, -0.25) is 9.59 Å². The molecule has 0 unspecified atom stereocenters. The number of hydrogen-bond acceptors (Lipinski definition) is 2. The van der Waals surface area contributed by atoms with Gasteiger partial charge >= 0.3 is 11.8 Å².